The highest BCUT2D eigenvalue weighted by atomic mass is 19.1. The van der Waals surface area contributed by atoms with Gasteiger partial charge in [0.2, 0.25) is 0 Å². The molecule has 0 saturated heterocycles. The molecule has 1 N–H and O–H groups in total. The molecule has 1 aromatic heterocycles. The van der Waals surface area contributed by atoms with Crippen LogP contribution in [0.1, 0.15) is 19.2 Å². The van der Waals surface area contributed by atoms with Crippen LogP contribution in [-0.4, -0.2) is 21.3 Å². The molecule has 0 fully saturated rings. The van der Waals surface area contributed by atoms with Crippen molar-refractivity contribution in [2.24, 2.45) is 0 Å². The fourth-order valence-electron chi connectivity index (χ4n) is 2.03. The fraction of sp³-hybridized carbons (Fsp3) is 0.357. The van der Waals surface area contributed by atoms with E-state index in [1.165, 1.54) is 12.1 Å². The average molecular weight is 248 g/mol. The predicted molar refractivity (Wildman–Crippen MR) is 69.9 cm³/mol. The molecule has 0 atom stereocenters. The summed E-state index contributed by atoms with van der Waals surface area (Å²) in [5.41, 5.74) is 2.58. The number of fused-ring (bicyclic) bond motifs is 1. The summed E-state index contributed by atoms with van der Waals surface area (Å²) >= 11 is 0. The molecule has 3 nitrogen and oxygen atoms in total. The highest BCUT2D eigenvalue weighted by Gasteiger charge is 2.11. The second-order valence-electron chi connectivity index (χ2n) is 4.53. The topological polar surface area (TPSA) is 38.0 Å². The number of hydrogen-bond acceptors (Lipinski definition) is 2. The first kappa shape index (κ1) is 12.8. The van der Waals surface area contributed by atoms with Gasteiger partial charge in [0.25, 0.3) is 0 Å². The van der Waals surface area contributed by atoms with Crippen LogP contribution in [0.4, 0.5) is 4.39 Å². The summed E-state index contributed by atoms with van der Waals surface area (Å²) in [5.74, 6) is 0.587. The van der Waals surface area contributed by atoms with Crippen molar-refractivity contribution >= 4 is 11.0 Å². The summed E-state index contributed by atoms with van der Waals surface area (Å²) in [7, 11) is 0. The van der Waals surface area contributed by atoms with Crippen molar-refractivity contribution in [2.75, 3.05) is 6.61 Å². The van der Waals surface area contributed by atoms with Gasteiger partial charge in [0.1, 0.15) is 11.6 Å². The Hall–Kier alpha value is -1.68. The van der Waals surface area contributed by atoms with E-state index >= 15 is 0 Å². The van der Waals surface area contributed by atoms with Crippen molar-refractivity contribution in [2.45, 2.75) is 26.3 Å². The summed E-state index contributed by atoms with van der Waals surface area (Å²) in [6.45, 7) is 6.65. The zero-order valence-corrected chi connectivity index (χ0v) is 10.5. The normalized spacial score (nSPS) is 11.1. The lowest BCUT2D eigenvalue weighted by Crippen LogP contribution is -2.05. The summed E-state index contributed by atoms with van der Waals surface area (Å²) in [4.78, 5) is 4.43. The average Bonchev–Trinajstić information content (AvgIpc) is 2.63. The smallest absolute Gasteiger partial charge is 0.125 e. The van der Waals surface area contributed by atoms with Gasteiger partial charge >= 0.3 is 0 Å². The van der Waals surface area contributed by atoms with Crippen LogP contribution in [0.15, 0.2) is 30.4 Å². The van der Waals surface area contributed by atoms with Crippen LogP contribution in [0.25, 0.3) is 11.0 Å². The number of hydrogen-bond donors (Lipinski definition) is 1. The minimum Gasteiger partial charge on any atom is -0.396 e. The molecule has 0 aliphatic rings. The molecule has 0 unspecified atom stereocenters. The molecule has 0 aliphatic carbocycles. The number of benzene rings is 1. The Morgan fingerprint density at radius 3 is 2.94 bits per heavy atom. The Bertz CT molecular complexity index is 574. The first-order valence-corrected chi connectivity index (χ1v) is 6.01. The fourth-order valence-corrected chi connectivity index (χ4v) is 2.03. The minimum absolute atomic E-state index is 0.130. The Balaban J connectivity index is 2.49. The molecule has 0 aliphatic heterocycles. The van der Waals surface area contributed by atoms with E-state index in [-0.39, 0.29) is 12.4 Å². The standard InChI is InChI=1S/C14H17FN2O/c1-10(2)9-17-13-6-5-11(15)8-12(13)16-14(17)4-3-7-18/h5-6,8,18H,1,3-4,7,9H2,2H3. The molecule has 2 rings (SSSR count). The third-order valence-corrected chi connectivity index (χ3v) is 2.78. The third kappa shape index (κ3) is 2.59. The van der Waals surface area contributed by atoms with Gasteiger partial charge in [-0.3, -0.25) is 0 Å². The lowest BCUT2D eigenvalue weighted by Gasteiger charge is -2.08. The zero-order valence-electron chi connectivity index (χ0n) is 10.5. The number of aliphatic hydroxyl groups is 1. The molecular formula is C14H17FN2O. The number of imidazole rings is 1. The first-order chi connectivity index (χ1) is 8.61. The van der Waals surface area contributed by atoms with Crippen molar-refractivity contribution in [3.63, 3.8) is 0 Å². The number of nitrogens with zero attached hydrogens (tertiary/aromatic N) is 2. The molecule has 0 saturated carbocycles. The van der Waals surface area contributed by atoms with Gasteiger partial charge in [-0.05, 0) is 25.5 Å². The van der Waals surface area contributed by atoms with Crippen LogP contribution in [0, 0.1) is 5.82 Å². The highest BCUT2D eigenvalue weighted by Crippen LogP contribution is 2.19. The van der Waals surface area contributed by atoms with Gasteiger partial charge in [-0.2, -0.15) is 0 Å². The van der Waals surface area contributed by atoms with Gasteiger partial charge in [0.05, 0.1) is 11.0 Å². The van der Waals surface area contributed by atoms with E-state index < -0.39 is 0 Å². The molecule has 2 aromatic rings. The number of aryl methyl sites for hydroxylation is 1. The second-order valence-corrected chi connectivity index (χ2v) is 4.53. The Morgan fingerprint density at radius 2 is 2.28 bits per heavy atom. The summed E-state index contributed by atoms with van der Waals surface area (Å²) in [6, 6.07) is 4.62. The maximum atomic E-state index is 13.2. The van der Waals surface area contributed by atoms with Crippen LogP contribution in [0.5, 0.6) is 0 Å². The summed E-state index contributed by atoms with van der Waals surface area (Å²) < 4.78 is 15.2. The monoisotopic (exact) mass is 248 g/mol. The number of rotatable bonds is 5. The van der Waals surface area contributed by atoms with Crippen molar-refractivity contribution in [1.82, 2.24) is 9.55 Å². The van der Waals surface area contributed by atoms with Gasteiger partial charge < -0.3 is 9.67 Å². The molecule has 18 heavy (non-hydrogen) atoms. The van der Waals surface area contributed by atoms with E-state index in [1.807, 2.05) is 11.5 Å². The number of aliphatic hydroxyl groups excluding tert-OH is 1. The van der Waals surface area contributed by atoms with E-state index in [0.29, 0.717) is 24.9 Å². The van der Waals surface area contributed by atoms with Crippen molar-refractivity contribution in [1.29, 1.82) is 0 Å². The highest BCUT2D eigenvalue weighted by molar-refractivity contribution is 5.76. The minimum atomic E-state index is -0.281. The lowest BCUT2D eigenvalue weighted by atomic mass is 10.2. The SMILES string of the molecule is C=C(C)Cn1c(CCCO)nc2cc(F)ccc21. The Morgan fingerprint density at radius 1 is 1.50 bits per heavy atom. The third-order valence-electron chi connectivity index (χ3n) is 2.78. The van der Waals surface area contributed by atoms with Gasteiger partial charge in [-0.1, -0.05) is 12.2 Å². The van der Waals surface area contributed by atoms with Crippen molar-refractivity contribution < 1.29 is 9.50 Å². The maximum absolute atomic E-state index is 13.2. The molecule has 0 radical (unpaired) electrons. The quantitative estimate of drug-likeness (QED) is 0.826. The predicted octanol–water partition coefficient (Wildman–Crippen LogP) is 2.68. The molecule has 0 spiro atoms. The van der Waals surface area contributed by atoms with E-state index in [0.717, 1.165) is 16.9 Å². The molecular weight excluding hydrogens is 231 g/mol. The van der Waals surface area contributed by atoms with E-state index in [9.17, 15) is 4.39 Å². The van der Waals surface area contributed by atoms with Crippen LogP contribution >= 0.6 is 0 Å². The lowest BCUT2D eigenvalue weighted by molar-refractivity contribution is 0.287. The molecule has 1 aromatic carbocycles. The summed E-state index contributed by atoms with van der Waals surface area (Å²) in [6.07, 6.45) is 1.34. The molecule has 0 amide bonds. The van der Waals surface area contributed by atoms with Crippen LogP contribution < -0.4 is 0 Å². The Kier molecular flexibility index (Phi) is 3.77. The molecule has 4 heteroatoms. The van der Waals surface area contributed by atoms with Gasteiger partial charge in [0, 0.05) is 25.6 Å². The van der Waals surface area contributed by atoms with E-state index in [4.69, 9.17) is 5.11 Å². The van der Waals surface area contributed by atoms with Crippen LogP contribution in [-0.2, 0) is 13.0 Å². The van der Waals surface area contributed by atoms with Crippen LogP contribution in [0.2, 0.25) is 0 Å². The van der Waals surface area contributed by atoms with Gasteiger partial charge in [0.15, 0.2) is 0 Å². The van der Waals surface area contributed by atoms with Crippen molar-refractivity contribution in [3.8, 4) is 0 Å². The maximum Gasteiger partial charge on any atom is 0.125 e. The number of halogens is 1. The van der Waals surface area contributed by atoms with Crippen LogP contribution in [0.3, 0.4) is 0 Å². The number of aromatic nitrogens is 2. The molecule has 96 valence electrons. The molecule has 1 heterocycles. The largest absolute Gasteiger partial charge is 0.396 e. The molecule has 0 bridgehead atoms. The summed E-state index contributed by atoms with van der Waals surface area (Å²) in [5, 5.41) is 8.90. The number of allylic oxidation sites excluding steroid dienone is 1. The second kappa shape index (κ2) is 5.31. The zero-order chi connectivity index (χ0) is 13.1. The van der Waals surface area contributed by atoms with E-state index in [2.05, 4.69) is 11.6 Å². The van der Waals surface area contributed by atoms with E-state index in [1.54, 1.807) is 6.07 Å². The van der Waals surface area contributed by atoms with Gasteiger partial charge in [-0.15, -0.1) is 0 Å². The van der Waals surface area contributed by atoms with Gasteiger partial charge in [-0.25, -0.2) is 9.37 Å². The Labute approximate surface area is 106 Å². The van der Waals surface area contributed by atoms with Crippen molar-refractivity contribution in [3.05, 3.63) is 42.0 Å². The first-order valence-electron chi connectivity index (χ1n) is 6.01.